The molecule has 8 heteroatoms. The monoisotopic (exact) mass is 392 g/mol. The molecule has 1 N–H and O–H groups in total. The molecule has 0 aliphatic carbocycles. The van der Waals surface area contributed by atoms with E-state index in [-0.39, 0.29) is 11.4 Å². The molecule has 0 spiro atoms. The number of ketones is 1. The molecule has 0 unspecified atom stereocenters. The van der Waals surface area contributed by atoms with E-state index in [4.69, 9.17) is 4.74 Å². The number of thiophene rings is 1. The van der Waals surface area contributed by atoms with Crippen molar-refractivity contribution in [3.63, 3.8) is 0 Å². The largest absolute Gasteiger partial charge is 0.390 e. The van der Waals surface area contributed by atoms with Crippen LogP contribution in [0.4, 0.5) is 5.69 Å². The lowest BCUT2D eigenvalue weighted by Crippen LogP contribution is -2.38. The summed E-state index contributed by atoms with van der Waals surface area (Å²) < 4.78 is 32.4. The molecule has 1 aliphatic heterocycles. The third-order valence-corrected chi connectivity index (χ3v) is 6.65. The van der Waals surface area contributed by atoms with Gasteiger partial charge in [-0.05, 0) is 23.4 Å². The Morgan fingerprint density at radius 1 is 1.23 bits per heavy atom. The van der Waals surface area contributed by atoms with E-state index in [1.165, 1.54) is 21.8 Å². The van der Waals surface area contributed by atoms with Gasteiger partial charge in [0.1, 0.15) is 4.88 Å². The first-order valence-corrected chi connectivity index (χ1v) is 10.5. The molecule has 2 aromatic rings. The van der Waals surface area contributed by atoms with Crippen molar-refractivity contribution in [3.05, 3.63) is 63.3 Å². The number of nitrogens with one attached hydrogen (secondary N) is 1. The molecule has 1 aliphatic rings. The van der Waals surface area contributed by atoms with Crippen LogP contribution >= 0.6 is 11.3 Å². The molecular formula is C18H20N2O4S2. The first-order chi connectivity index (χ1) is 12.6. The van der Waals surface area contributed by atoms with Crippen molar-refractivity contribution < 1.29 is 17.9 Å². The Morgan fingerprint density at radius 2 is 2.00 bits per heavy atom. The molecule has 0 amide bonds. The second-order valence-corrected chi connectivity index (χ2v) is 8.52. The van der Waals surface area contributed by atoms with Crippen LogP contribution in [0.1, 0.15) is 21.7 Å². The Hall–Kier alpha value is -2.16. The van der Waals surface area contributed by atoms with Crippen molar-refractivity contribution in [2.24, 2.45) is 0 Å². The van der Waals surface area contributed by atoms with E-state index in [0.29, 0.717) is 30.1 Å². The zero-order valence-electron chi connectivity index (χ0n) is 14.3. The van der Waals surface area contributed by atoms with Crippen LogP contribution in [-0.2, 0) is 21.3 Å². The minimum Gasteiger partial charge on any atom is -0.390 e. The predicted octanol–water partition coefficient (Wildman–Crippen LogP) is 2.75. The van der Waals surface area contributed by atoms with Crippen LogP contribution in [0.3, 0.4) is 0 Å². The first-order valence-electron chi connectivity index (χ1n) is 8.17. The highest BCUT2D eigenvalue weighted by Crippen LogP contribution is 2.39. The van der Waals surface area contributed by atoms with E-state index >= 15 is 0 Å². The van der Waals surface area contributed by atoms with Crippen molar-refractivity contribution in [1.82, 2.24) is 5.32 Å². The molecule has 0 saturated heterocycles. The van der Waals surface area contributed by atoms with Crippen LogP contribution in [0.15, 0.2) is 52.9 Å². The van der Waals surface area contributed by atoms with E-state index in [9.17, 15) is 13.2 Å². The quantitative estimate of drug-likeness (QED) is 0.579. The van der Waals surface area contributed by atoms with Crippen LogP contribution in [0, 0.1) is 0 Å². The smallest absolute Gasteiger partial charge is 0.270 e. The van der Waals surface area contributed by atoms with Crippen molar-refractivity contribution >= 4 is 32.8 Å². The van der Waals surface area contributed by atoms with Crippen molar-refractivity contribution in [3.8, 4) is 0 Å². The number of methoxy groups -OCH3 is 1. The lowest BCUT2D eigenvalue weighted by atomic mass is 10.2. The van der Waals surface area contributed by atoms with Gasteiger partial charge in [-0.3, -0.25) is 9.10 Å². The van der Waals surface area contributed by atoms with Gasteiger partial charge >= 0.3 is 0 Å². The number of ether oxygens (including phenoxy) is 1. The number of allylic oxidation sites excluding steroid dienone is 1. The van der Waals surface area contributed by atoms with E-state index in [1.54, 1.807) is 18.6 Å². The summed E-state index contributed by atoms with van der Waals surface area (Å²) >= 11 is 1.26. The fourth-order valence-corrected chi connectivity index (χ4v) is 5.20. The Labute approximate surface area is 157 Å². The summed E-state index contributed by atoms with van der Waals surface area (Å²) in [5.74, 6) is -0.460. The van der Waals surface area contributed by atoms with Gasteiger partial charge in [0.2, 0.25) is 5.78 Å². The SMILES string of the molecule is COCCCN/C=C1/C(=O)c2sccc2N(Cc2ccccc2)S1(=O)=O. The van der Waals surface area contributed by atoms with Crippen LogP contribution in [0.2, 0.25) is 0 Å². The molecule has 138 valence electrons. The first kappa shape index (κ1) is 18.6. The van der Waals surface area contributed by atoms with E-state index in [0.717, 1.165) is 5.56 Å². The molecule has 1 aromatic heterocycles. The average molecular weight is 393 g/mol. The molecule has 6 nitrogen and oxygen atoms in total. The fraction of sp³-hybridized carbons (Fsp3) is 0.278. The summed E-state index contributed by atoms with van der Waals surface area (Å²) in [5, 5.41) is 4.66. The highest BCUT2D eigenvalue weighted by atomic mass is 32.2. The van der Waals surface area contributed by atoms with E-state index < -0.39 is 15.8 Å². The normalized spacial score (nSPS) is 17.3. The fourth-order valence-electron chi connectivity index (χ4n) is 2.69. The molecule has 0 fully saturated rings. The number of hydrogen-bond donors (Lipinski definition) is 1. The summed E-state index contributed by atoms with van der Waals surface area (Å²) in [5.41, 5.74) is 1.30. The third-order valence-electron chi connectivity index (χ3n) is 3.98. The maximum Gasteiger partial charge on any atom is 0.270 e. The Kier molecular flexibility index (Phi) is 5.75. The number of rotatable bonds is 7. The highest BCUT2D eigenvalue weighted by Gasteiger charge is 2.41. The zero-order valence-corrected chi connectivity index (χ0v) is 16.0. The van der Waals surface area contributed by atoms with Crippen LogP contribution in [0.5, 0.6) is 0 Å². The van der Waals surface area contributed by atoms with E-state index in [2.05, 4.69) is 5.32 Å². The number of carbonyl (C=O) groups excluding carboxylic acids is 1. The predicted molar refractivity (Wildman–Crippen MR) is 103 cm³/mol. The molecule has 0 saturated carbocycles. The van der Waals surface area contributed by atoms with Crippen molar-refractivity contribution in [1.29, 1.82) is 0 Å². The number of Topliss-reactive ketones (excluding diaryl/α,β-unsaturated/α-hetero) is 1. The Morgan fingerprint density at radius 3 is 2.73 bits per heavy atom. The Bertz CT molecular complexity index is 904. The minimum absolute atomic E-state index is 0.182. The molecule has 26 heavy (non-hydrogen) atoms. The van der Waals surface area contributed by atoms with Crippen LogP contribution < -0.4 is 9.62 Å². The average Bonchev–Trinajstić information content (AvgIpc) is 3.11. The molecular weight excluding hydrogens is 372 g/mol. The number of fused-ring (bicyclic) bond motifs is 1. The number of nitrogens with zero attached hydrogens (tertiary/aromatic N) is 1. The summed E-state index contributed by atoms with van der Waals surface area (Å²) in [6, 6.07) is 11.0. The van der Waals surface area contributed by atoms with Gasteiger partial charge in [-0.2, -0.15) is 0 Å². The highest BCUT2D eigenvalue weighted by molar-refractivity contribution is 7.97. The summed E-state index contributed by atoms with van der Waals surface area (Å²) in [6.45, 7) is 1.27. The summed E-state index contributed by atoms with van der Waals surface area (Å²) in [7, 11) is -2.33. The molecule has 0 bridgehead atoms. The molecule has 0 radical (unpaired) electrons. The van der Waals surface area contributed by atoms with Gasteiger partial charge in [-0.15, -0.1) is 11.3 Å². The van der Waals surface area contributed by atoms with Gasteiger partial charge in [0.25, 0.3) is 10.0 Å². The van der Waals surface area contributed by atoms with Crippen LogP contribution in [-0.4, -0.2) is 34.5 Å². The lowest BCUT2D eigenvalue weighted by molar-refractivity contribution is 0.104. The number of carbonyl (C=O) groups is 1. The topological polar surface area (TPSA) is 75.7 Å². The van der Waals surface area contributed by atoms with Gasteiger partial charge in [-0.1, -0.05) is 30.3 Å². The minimum atomic E-state index is -3.93. The third kappa shape index (κ3) is 3.67. The number of hydrogen-bond acceptors (Lipinski definition) is 6. The maximum absolute atomic E-state index is 13.1. The summed E-state index contributed by atoms with van der Waals surface area (Å²) in [6.07, 6.45) is 2.03. The van der Waals surface area contributed by atoms with Crippen LogP contribution in [0.25, 0.3) is 0 Å². The number of benzene rings is 1. The Balaban J connectivity index is 1.93. The zero-order chi connectivity index (χ0) is 18.6. The van der Waals surface area contributed by atoms with Gasteiger partial charge in [0.15, 0.2) is 4.91 Å². The van der Waals surface area contributed by atoms with Crippen molar-refractivity contribution in [2.75, 3.05) is 24.6 Å². The van der Waals surface area contributed by atoms with Gasteiger partial charge in [0, 0.05) is 26.5 Å². The standard InChI is InChI=1S/C18H20N2O4S2/c1-24-10-5-9-19-12-16-17(21)18-15(8-11-25-18)20(26(16,22)23)13-14-6-3-2-4-7-14/h2-4,6-8,11-12,19H,5,9-10,13H2,1H3/b16-12-. The molecule has 1 aromatic carbocycles. The number of sulfonamides is 1. The van der Waals surface area contributed by atoms with Gasteiger partial charge in [-0.25, -0.2) is 8.42 Å². The maximum atomic E-state index is 13.1. The molecule has 2 heterocycles. The van der Waals surface area contributed by atoms with Gasteiger partial charge < -0.3 is 10.1 Å². The number of anilines is 1. The van der Waals surface area contributed by atoms with E-state index in [1.807, 2.05) is 30.3 Å². The second-order valence-electron chi connectivity index (χ2n) is 5.77. The second kappa shape index (κ2) is 8.03. The molecule has 3 rings (SSSR count). The van der Waals surface area contributed by atoms with Gasteiger partial charge in [0.05, 0.1) is 12.2 Å². The lowest BCUT2D eigenvalue weighted by Gasteiger charge is -2.29. The van der Waals surface area contributed by atoms with Crippen molar-refractivity contribution in [2.45, 2.75) is 13.0 Å². The molecule has 0 atom stereocenters. The summed E-state index contributed by atoms with van der Waals surface area (Å²) in [4.78, 5) is 12.9.